The number of thiazole rings is 1. The summed E-state index contributed by atoms with van der Waals surface area (Å²) in [6.07, 6.45) is 3.33. The van der Waals surface area contributed by atoms with Crippen molar-refractivity contribution < 1.29 is 14.3 Å². The second-order valence-electron chi connectivity index (χ2n) is 7.15. The molecule has 1 aliphatic rings. The topological polar surface area (TPSA) is 69.9 Å². The quantitative estimate of drug-likeness (QED) is 0.431. The monoisotopic (exact) mass is 446 g/mol. The summed E-state index contributed by atoms with van der Waals surface area (Å²) in [5, 5.41) is 0. The Bertz CT molecular complexity index is 1370. The molecule has 0 spiro atoms. The molecule has 2 aromatic carbocycles. The molecule has 0 bridgehead atoms. The van der Waals surface area contributed by atoms with Gasteiger partial charge in [0.25, 0.3) is 5.56 Å². The first-order valence-electron chi connectivity index (χ1n) is 10.0. The Morgan fingerprint density at radius 3 is 2.56 bits per heavy atom. The first kappa shape index (κ1) is 21.5. The number of aromatic nitrogens is 1. The van der Waals surface area contributed by atoms with Gasteiger partial charge in [0.05, 0.1) is 29.0 Å². The molecule has 3 aromatic rings. The Hall–Kier alpha value is -3.71. The van der Waals surface area contributed by atoms with E-state index in [1.165, 1.54) is 17.4 Å². The second kappa shape index (κ2) is 9.20. The third kappa shape index (κ3) is 4.07. The number of carbonyl (C=O) groups excluding carboxylic acids is 1. The summed E-state index contributed by atoms with van der Waals surface area (Å²) in [5.41, 5.74) is 2.35. The lowest BCUT2D eigenvalue weighted by molar-refractivity contribution is -0.138. The van der Waals surface area contributed by atoms with E-state index in [2.05, 4.69) is 11.6 Å². The van der Waals surface area contributed by atoms with Crippen LogP contribution in [0.1, 0.15) is 24.1 Å². The summed E-state index contributed by atoms with van der Waals surface area (Å²) in [5.74, 6) is 0.232. The third-order valence-electron chi connectivity index (χ3n) is 5.10. The highest BCUT2D eigenvalue weighted by molar-refractivity contribution is 7.07. The van der Waals surface area contributed by atoms with Crippen molar-refractivity contribution in [2.45, 2.75) is 13.0 Å². The van der Waals surface area contributed by atoms with Gasteiger partial charge >= 0.3 is 5.97 Å². The van der Waals surface area contributed by atoms with Gasteiger partial charge in [0.1, 0.15) is 12.4 Å². The van der Waals surface area contributed by atoms with Crippen molar-refractivity contribution in [2.75, 3.05) is 13.7 Å². The van der Waals surface area contributed by atoms with Crippen molar-refractivity contribution in [3.63, 3.8) is 0 Å². The van der Waals surface area contributed by atoms with E-state index in [1.807, 2.05) is 60.7 Å². The van der Waals surface area contributed by atoms with Crippen LogP contribution in [0.5, 0.6) is 5.75 Å². The Morgan fingerprint density at radius 2 is 1.91 bits per heavy atom. The number of hydrogen-bond donors (Lipinski definition) is 0. The number of carbonyl (C=O) groups is 1. The molecule has 0 aliphatic carbocycles. The lowest BCUT2D eigenvalue weighted by atomic mass is 9.96. The largest absolute Gasteiger partial charge is 0.497 e. The third-order valence-corrected chi connectivity index (χ3v) is 6.09. The lowest BCUT2D eigenvalue weighted by Crippen LogP contribution is -2.39. The molecule has 1 atom stereocenters. The average molecular weight is 447 g/mol. The van der Waals surface area contributed by atoms with Gasteiger partial charge in [-0.3, -0.25) is 9.36 Å². The van der Waals surface area contributed by atoms with Gasteiger partial charge in [-0.25, -0.2) is 9.79 Å². The summed E-state index contributed by atoms with van der Waals surface area (Å²) < 4.78 is 12.6. The van der Waals surface area contributed by atoms with E-state index in [4.69, 9.17) is 9.47 Å². The van der Waals surface area contributed by atoms with Crippen LogP contribution in [0.15, 0.2) is 88.3 Å². The van der Waals surface area contributed by atoms with Gasteiger partial charge in [-0.15, -0.1) is 0 Å². The molecule has 0 fully saturated rings. The molecule has 32 heavy (non-hydrogen) atoms. The van der Waals surface area contributed by atoms with E-state index in [-0.39, 0.29) is 12.2 Å². The van der Waals surface area contributed by atoms with E-state index in [9.17, 15) is 9.59 Å². The normalized spacial score (nSPS) is 15.7. The smallest absolute Gasteiger partial charge is 0.338 e. The van der Waals surface area contributed by atoms with Crippen LogP contribution in [0.3, 0.4) is 0 Å². The molecule has 2 heterocycles. The van der Waals surface area contributed by atoms with Gasteiger partial charge in [-0.1, -0.05) is 66.5 Å². The lowest BCUT2D eigenvalue weighted by Gasteiger charge is -2.24. The zero-order valence-corrected chi connectivity index (χ0v) is 18.6. The predicted octanol–water partition coefficient (Wildman–Crippen LogP) is 2.97. The van der Waals surface area contributed by atoms with Crippen LogP contribution in [-0.2, 0) is 9.53 Å². The van der Waals surface area contributed by atoms with Gasteiger partial charge < -0.3 is 9.47 Å². The van der Waals surface area contributed by atoms with Gasteiger partial charge in [0.2, 0.25) is 0 Å². The Morgan fingerprint density at radius 1 is 1.19 bits per heavy atom. The van der Waals surface area contributed by atoms with Crippen LogP contribution in [0.2, 0.25) is 0 Å². The molecule has 0 radical (unpaired) electrons. The molecule has 1 aliphatic heterocycles. The maximum Gasteiger partial charge on any atom is 0.338 e. The highest BCUT2D eigenvalue weighted by atomic mass is 32.1. The van der Waals surface area contributed by atoms with Crippen LogP contribution < -0.4 is 19.6 Å². The molecule has 6 nitrogen and oxygen atoms in total. The Labute approximate surface area is 189 Å². The molecule has 0 saturated carbocycles. The zero-order chi connectivity index (χ0) is 22.7. The van der Waals surface area contributed by atoms with Gasteiger partial charge in [0.15, 0.2) is 4.80 Å². The summed E-state index contributed by atoms with van der Waals surface area (Å²) in [6, 6.07) is 16.3. The fourth-order valence-corrected chi connectivity index (χ4v) is 4.64. The maximum atomic E-state index is 13.5. The van der Waals surface area contributed by atoms with Crippen LogP contribution >= 0.6 is 11.3 Å². The fraction of sp³-hybridized carbons (Fsp3) is 0.160. The first-order valence-corrected chi connectivity index (χ1v) is 10.8. The summed E-state index contributed by atoms with van der Waals surface area (Å²) in [4.78, 5) is 31.5. The number of benzene rings is 2. The number of fused-ring (bicyclic) bond motifs is 1. The number of esters is 1. The van der Waals surface area contributed by atoms with E-state index >= 15 is 0 Å². The van der Waals surface area contributed by atoms with E-state index in [0.717, 1.165) is 16.9 Å². The SMILES string of the molecule is C=CCOC(=O)C1=C(C)N=c2s/c(=C\c3ccc(OC)cc3)c(=O)n2[C@@H]1c1ccccc1. The molecule has 4 rings (SSSR count). The zero-order valence-electron chi connectivity index (χ0n) is 17.8. The number of nitrogens with zero attached hydrogens (tertiary/aromatic N) is 2. The predicted molar refractivity (Wildman–Crippen MR) is 124 cm³/mol. The first-order chi connectivity index (χ1) is 15.5. The number of hydrogen-bond acceptors (Lipinski definition) is 6. The van der Waals surface area contributed by atoms with E-state index < -0.39 is 12.0 Å². The molecule has 0 unspecified atom stereocenters. The summed E-state index contributed by atoms with van der Waals surface area (Å²) in [6.45, 7) is 5.44. The number of ether oxygens (including phenoxy) is 2. The van der Waals surface area contributed by atoms with Crippen molar-refractivity contribution in [1.82, 2.24) is 4.57 Å². The van der Waals surface area contributed by atoms with Gasteiger partial charge in [-0.05, 0) is 36.3 Å². The van der Waals surface area contributed by atoms with Crippen LogP contribution in [0.25, 0.3) is 6.08 Å². The second-order valence-corrected chi connectivity index (χ2v) is 8.16. The van der Waals surface area contributed by atoms with Crippen molar-refractivity contribution in [1.29, 1.82) is 0 Å². The minimum Gasteiger partial charge on any atom is -0.497 e. The Balaban J connectivity index is 1.89. The maximum absolute atomic E-state index is 13.5. The van der Waals surface area contributed by atoms with E-state index in [1.54, 1.807) is 18.6 Å². The standard InChI is InChI=1S/C25H22N2O4S/c1-4-14-31-24(29)21-16(2)26-25-27(22(21)18-8-6-5-7-9-18)23(28)20(32-25)15-17-10-12-19(30-3)13-11-17/h4-13,15,22H,1,14H2,2-3H3/b20-15-/t22-/m1/s1. The molecular formula is C25H22N2O4S. The van der Waals surface area contributed by atoms with Gasteiger partial charge in [-0.2, -0.15) is 0 Å². The minimum absolute atomic E-state index is 0.0824. The van der Waals surface area contributed by atoms with Crippen molar-refractivity contribution >= 4 is 23.4 Å². The van der Waals surface area contributed by atoms with Crippen LogP contribution in [0, 0.1) is 0 Å². The summed E-state index contributed by atoms with van der Waals surface area (Å²) >= 11 is 1.30. The molecular weight excluding hydrogens is 424 g/mol. The van der Waals surface area contributed by atoms with E-state index in [0.29, 0.717) is 20.6 Å². The summed E-state index contributed by atoms with van der Waals surface area (Å²) in [7, 11) is 1.61. The average Bonchev–Trinajstić information content (AvgIpc) is 3.12. The minimum atomic E-state index is -0.622. The molecule has 0 amide bonds. The molecule has 1 aromatic heterocycles. The molecule has 7 heteroatoms. The molecule has 0 saturated heterocycles. The van der Waals surface area contributed by atoms with Crippen molar-refractivity contribution in [3.05, 3.63) is 109 Å². The van der Waals surface area contributed by atoms with Crippen LogP contribution in [-0.4, -0.2) is 24.3 Å². The number of allylic oxidation sites excluding steroid dienone is 1. The number of methoxy groups -OCH3 is 1. The molecule has 162 valence electrons. The van der Waals surface area contributed by atoms with Crippen molar-refractivity contribution in [2.24, 2.45) is 4.99 Å². The highest BCUT2D eigenvalue weighted by Crippen LogP contribution is 2.30. The van der Waals surface area contributed by atoms with Crippen molar-refractivity contribution in [3.8, 4) is 5.75 Å². The Kier molecular flexibility index (Phi) is 6.18. The van der Waals surface area contributed by atoms with Gasteiger partial charge in [0, 0.05) is 0 Å². The van der Waals surface area contributed by atoms with Crippen LogP contribution in [0.4, 0.5) is 0 Å². The molecule has 0 N–H and O–H groups in total. The number of rotatable bonds is 6. The highest BCUT2D eigenvalue weighted by Gasteiger charge is 2.33. The fourth-order valence-electron chi connectivity index (χ4n) is 3.60.